The Morgan fingerprint density at radius 1 is 0.853 bits per heavy atom. The standard InChI is InChI=1S/C25H16N2O6S/c28-23-17-8-1-2-9-18(17)24(29)21(23)19-12-11-14-5-4-10-20(22(14)26-19)27-25(30)15-6-3-7-16(13-15)34(31,32)33/h1-13,21H,(H,27,30)(H,31,32,33). The van der Waals surface area contributed by atoms with Crippen molar-refractivity contribution in [2.45, 2.75) is 10.8 Å². The number of aromatic nitrogens is 1. The van der Waals surface area contributed by atoms with E-state index >= 15 is 0 Å². The summed E-state index contributed by atoms with van der Waals surface area (Å²) >= 11 is 0. The van der Waals surface area contributed by atoms with E-state index in [4.69, 9.17) is 0 Å². The number of pyridine rings is 1. The highest BCUT2D eigenvalue weighted by Gasteiger charge is 2.40. The molecule has 2 N–H and O–H groups in total. The van der Waals surface area contributed by atoms with Crippen LogP contribution in [0, 0.1) is 0 Å². The third-order valence-electron chi connectivity index (χ3n) is 5.66. The molecule has 1 aliphatic carbocycles. The van der Waals surface area contributed by atoms with Crippen molar-refractivity contribution in [2.24, 2.45) is 0 Å². The van der Waals surface area contributed by atoms with E-state index in [9.17, 15) is 27.4 Å². The van der Waals surface area contributed by atoms with E-state index in [1.54, 1.807) is 54.6 Å². The molecule has 4 aromatic rings. The SMILES string of the molecule is O=C(Nc1cccc2ccc(C3C(=O)c4ccccc4C3=O)nc12)c1cccc(S(=O)(=O)O)c1. The third kappa shape index (κ3) is 3.66. The van der Waals surface area contributed by atoms with E-state index in [0.717, 1.165) is 6.07 Å². The molecular weight excluding hydrogens is 456 g/mol. The summed E-state index contributed by atoms with van der Waals surface area (Å²) in [6.45, 7) is 0. The summed E-state index contributed by atoms with van der Waals surface area (Å²) in [4.78, 5) is 42.8. The Morgan fingerprint density at radius 2 is 1.53 bits per heavy atom. The van der Waals surface area contributed by atoms with Gasteiger partial charge in [-0.2, -0.15) is 8.42 Å². The predicted octanol–water partition coefficient (Wildman–Crippen LogP) is 3.90. The number of carbonyl (C=O) groups excluding carboxylic acids is 3. The maximum absolute atomic E-state index is 12.9. The van der Waals surface area contributed by atoms with Gasteiger partial charge in [-0.05, 0) is 30.3 Å². The maximum atomic E-state index is 12.9. The summed E-state index contributed by atoms with van der Waals surface area (Å²) in [6.07, 6.45) is 0. The number of carbonyl (C=O) groups is 3. The van der Waals surface area contributed by atoms with Gasteiger partial charge in [0, 0.05) is 22.1 Å². The number of benzene rings is 3. The van der Waals surface area contributed by atoms with Crippen LogP contribution in [0.1, 0.15) is 42.7 Å². The number of amides is 1. The third-order valence-corrected chi connectivity index (χ3v) is 6.51. The van der Waals surface area contributed by atoms with Gasteiger partial charge in [0.15, 0.2) is 11.6 Å². The molecule has 0 bridgehead atoms. The average molecular weight is 472 g/mol. The monoisotopic (exact) mass is 472 g/mol. The van der Waals surface area contributed by atoms with Gasteiger partial charge in [-0.3, -0.25) is 18.9 Å². The average Bonchev–Trinajstić information content (AvgIpc) is 3.09. The Balaban J connectivity index is 1.52. The minimum Gasteiger partial charge on any atom is -0.320 e. The van der Waals surface area contributed by atoms with Gasteiger partial charge in [-0.1, -0.05) is 48.5 Å². The largest absolute Gasteiger partial charge is 0.320 e. The van der Waals surface area contributed by atoms with Crippen molar-refractivity contribution in [3.8, 4) is 0 Å². The molecular formula is C25H16N2O6S. The fraction of sp³-hybridized carbons (Fsp3) is 0.0400. The molecule has 0 saturated carbocycles. The van der Waals surface area contributed by atoms with Crippen molar-refractivity contribution in [3.63, 3.8) is 0 Å². The quantitative estimate of drug-likeness (QED) is 0.340. The molecule has 0 unspecified atom stereocenters. The van der Waals surface area contributed by atoms with Crippen LogP contribution in [0.4, 0.5) is 5.69 Å². The Kier molecular flexibility index (Phi) is 5.07. The zero-order valence-corrected chi connectivity index (χ0v) is 18.2. The molecule has 1 aliphatic rings. The van der Waals surface area contributed by atoms with E-state index in [1.165, 1.54) is 18.2 Å². The topological polar surface area (TPSA) is 130 Å². The molecule has 5 rings (SSSR count). The van der Waals surface area contributed by atoms with E-state index in [-0.39, 0.29) is 22.8 Å². The number of para-hydroxylation sites is 1. The summed E-state index contributed by atoms with van der Waals surface area (Å²) < 4.78 is 32.0. The molecule has 0 radical (unpaired) electrons. The highest BCUT2D eigenvalue weighted by atomic mass is 32.2. The van der Waals surface area contributed by atoms with E-state index < -0.39 is 26.8 Å². The number of nitrogens with zero attached hydrogens (tertiary/aromatic N) is 1. The van der Waals surface area contributed by atoms with E-state index in [0.29, 0.717) is 27.7 Å². The number of fused-ring (bicyclic) bond motifs is 2. The van der Waals surface area contributed by atoms with Crippen molar-refractivity contribution < 1.29 is 27.4 Å². The van der Waals surface area contributed by atoms with Crippen LogP contribution >= 0.6 is 0 Å². The Labute approximate surface area is 194 Å². The summed E-state index contributed by atoms with van der Waals surface area (Å²) in [6, 6.07) is 20.0. The first-order chi connectivity index (χ1) is 16.2. The molecule has 9 heteroatoms. The number of rotatable bonds is 4. The molecule has 0 saturated heterocycles. The Bertz CT molecular complexity index is 1590. The van der Waals surface area contributed by atoms with Crippen molar-refractivity contribution in [1.82, 2.24) is 4.98 Å². The van der Waals surface area contributed by atoms with Gasteiger partial charge >= 0.3 is 0 Å². The highest BCUT2D eigenvalue weighted by Crippen LogP contribution is 2.34. The van der Waals surface area contributed by atoms with Crippen LogP contribution in [0.15, 0.2) is 83.8 Å². The first-order valence-electron chi connectivity index (χ1n) is 10.2. The Morgan fingerprint density at radius 3 is 2.21 bits per heavy atom. The lowest BCUT2D eigenvalue weighted by atomic mass is 9.98. The minimum absolute atomic E-state index is 0.0138. The second-order valence-electron chi connectivity index (χ2n) is 7.78. The number of hydrogen-bond acceptors (Lipinski definition) is 6. The van der Waals surface area contributed by atoms with E-state index in [2.05, 4.69) is 10.3 Å². The second kappa shape index (κ2) is 7.98. The molecule has 0 fully saturated rings. The van der Waals surface area contributed by atoms with Crippen molar-refractivity contribution >= 4 is 44.2 Å². The molecule has 0 spiro atoms. The predicted molar refractivity (Wildman–Crippen MR) is 124 cm³/mol. The lowest BCUT2D eigenvalue weighted by Gasteiger charge is -2.12. The highest BCUT2D eigenvalue weighted by molar-refractivity contribution is 7.85. The van der Waals surface area contributed by atoms with Crippen LogP contribution in [-0.2, 0) is 10.1 Å². The first kappa shape index (κ1) is 21.6. The lowest BCUT2D eigenvalue weighted by molar-refractivity contribution is 0.0887. The molecule has 0 aliphatic heterocycles. The fourth-order valence-corrected chi connectivity index (χ4v) is 4.55. The second-order valence-corrected chi connectivity index (χ2v) is 9.20. The van der Waals surface area contributed by atoms with Crippen LogP contribution in [0.3, 0.4) is 0 Å². The van der Waals surface area contributed by atoms with Gasteiger partial charge in [0.2, 0.25) is 0 Å². The zero-order valence-electron chi connectivity index (χ0n) is 17.4. The van der Waals surface area contributed by atoms with Gasteiger partial charge in [-0.15, -0.1) is 0 Å². The van der Waals surface area contributed by atoms with Gasteiger partial charge in [0.1, 0.15) is 5.92 Å². The van der Waals surface area contributed by atoms with Crippen LogP contribution < -0.4 is 5.32 Å². The molecule has 1 amide bonds. The molecule has 34 heavy (non-hydrogen) atoms. The number of anilines is 1. The van der Waals surface area contributed by atoms with Crippen LogP contribution in [0.5, 0.6) is 0 Å². The van der Waals surface area contributed by atoms with Gasteiger partial charge in [-0.25, -0.2) is 4.98 Å². The summed E-state index contributed by atoms with van der Waals surface area (Å²) in [7, 11) is -4.47. The van der Waals surface area contributed by atoms with Gasteiger partial charge in [0.05, 0.1) is 21.8 Å². The van der Waals surface area contributed by atoms with Gasteiger partial charge < -0.3 is 5.32 Å². The van der Waals surface area contributed by atoms with Gasteiger partial charge in [0.25, 0.3) is 16.0 Å². The number of ketones is 2. The molecule has 1 heterocycles. The van der Waals surface area contributed by atoms with E-state index in [1.807, 2.05) is 0 Å². The smallest absolute Gasteiger partial charge is 0.294 e. The van der Waals surface area contributed by atoms with Crippen LogP contribution in [0.2, 0.25) is 0 Å². The molecule has 3 aromatic carbocycles. The van der Waals surface area contributed by atoms with Crippen LogP contribution in [0.25, 0.3) is 10.9 Å². The summed E-state index contributed by atoms with van der Waals surface area (Å²) in [5.74, 6) is -2.32. The number of hydrogen-bond donors (Lipinski definition) is 2. The lowest BCUT2D eigenvalue weighted by Crippen LogP contribution is -2.16. The maximum Gasteiger partial charge on any atom is 0.294 e. The Hall–Kier alpha value is -4.21. The molecule has 168 valence electrons. The minimum atomic E-state index is -4.47. The first-order valence-corrected chi connectivity index (χ1v) is 11.6. The molecule has 8 nitrogen and oxygen atoms in total. The summed E-state index contributed by atoms with van der Waals surface area (Å²) in [5, 5.41) is 3.36. The van der Waals surface area contributed by atoms with Crippen molar-refractivity contribution in [1.29, 1.82) is 0 Å². The summed E-state index contributed by atoms with van der Waals surface area (Å²) in [5.41, 5.74) is 1.70. The number of nitrogens with one attached hydrogen (secondary N) is 1. The normalized spacial score (nSPS) is 13.8. The molecule has 0 atom stereocenters. The number of Topliss-reactive ketones (excluding diaryl/α,β-unsaturated/α-hetero) is 2. The zero-order chi connectivity index (χ0) is 24.0. The fourth-order valence-electron chi connectivity index (χ4n) is 4.03. The van der Waals surface area contributed by atoms with Crippen LogP contribution in [-0.4, -0.2) is 35.4 Å². The van der Waals surface area contributed by atoms with Crippen molar-refractivity contribution in [3.05, 3.63) is 101 Å². The molecule has 1 aromatic heterocycles. The van der Waals surface area contributed by atoms with Crippen molar-refractivity contribution in [2.75, 3.05) is 5.32 Å².